The highest BCUT2D eigenvalue weighted by Crippen LogP contribution is 2.09. The van der Waals surface area contributed by atoms with Crippen molar-refractivity contribution in [3.63, 3.8) is 0 Å². The van der Waals surface area contributed by atoms with E-state index in [1.54, 1.807) is 0 Å². The number of hydrogen-bond acceptors (Lipinski definition) is 2. The molecule has 1 aliphatic heterocycles. The lowest BCUT2D eigenvalue weighted by atomic mass is 10.1. The van der Waals surface area contributed by atoms with E-state index < -0.39 is 0 Å². The van der Waals surface area contributed by atoms with E-state index in [0.29, 0.717) is 6.04 Å². The summed E-state index contributed by atoms with van der Waals surface area (Å²) in [6, 6.07) is 0.690. The smallest absolute Gasteiger partial charge is 0.00356 e. The lowest BCUT2D eigenvalue weighted by Crippen LogP contribution is -2.32. The molecule has 66 valence electrons. The van der Waals surface area contributed by atoms with Gasteiger partial charge in [0.25, 0.3) is 0 Å². The molecule has 1 rings (SSSR count). The zero-order valence-corrected chi connectivity index (χ0v) is 7.93. The van der Waals surface area contributed by atoms with E-state index in [-0.39, 0.29) is 0 Å². The minimum Gasteiger partial charge on any atom is -0.316 e. The average molecular weight is 156 g/mol. The van der Waals surface area contributed by atoms with Gasteiger partial charge in [0.2, 0.25) is 0 Å². The minimum absolute atomic E-state index is 0.690. The fourth-order valence-corrected chi connectivity index (χ4v) is 1.49. The van der Waals surface area contributed by atoms with Gasteiger partial charge in [0.05, 0.1) is 0 Å². The Morgan fingerprint density at radius 2 is 2.27 bits per heavy atom. The van der Waals surface area contributed by atoms with Crippen LogP contribution < -0.4 is 5.32 Å². The first-order valence-electron chi connectivity index (χ1n) is 4.61. The Kier molecular flexibility index (Phi) is 3.34. The molecule has 11 heavy (non-hydrogen) atoms. The zero-order chi connectivity index (χ0) is 8.27. The van der Waals surface area contributed by atoms with Crippen LogP contribution >= 0.6 is 0 Å². The standard InChI is InChI=1S/C9H20N2/c1-8(2)11(3)7-9-4-5-10-6-9/h8-10H,4-7H2,1-3H3. The second-order valence-electron chi connectivity index (χ2n) is 3.89. The summed E-state index contributed by atoms with van der Waals surface area (Å²) in [6.07, 6.45) is 1.36. The van der Waals surface area contributed by atoms with Crippen LogP contribution in [0, 0.1) is 5.92 Å². The lowest BCUT2D eigenvalue weighted by Gasteiger charge is -2.23. The molecule has 0 saturated carbocycles. The Bertz CT molecular complexity index is 106. The molecule has 1 N–H and O–H groups in total. The molecular weight excluding hydrogens is 136 g/mol. The summed E-state index contributed by atoms with van der Waals surface area (Å²) in [5, 5.41) is 3.39. The molecule has 0 aromatic carbocycles. The van der Waals surface area contributed by atoms with Gasteiger partial charge in [-0.2, -0.15) is 0 Å². The number of nitrogens with zero attached hydrogens (tertiary/aromatic N) is 1. The molecule has 2 heteroatoms. The highest BCUT2D eigenvalue weighted by atomic mass is 15.1. The first kappa shape index (κ1) is 9.01. The number of rotatable bonds is 3. The molecule has 2 nitrogen and oxygen atoms in total. The molecule has 1 saturated heterocycles. The molecule has 0 aliphatic carbocycles. The van der Waals surface area contributed by atoms with Gasteiger partial charge >= 0.3 is 0 Å². The van der Waals surface area contributed by atoms with E-state index in [2.05, 4.69) is 31.1 Å². The molecule has 0 radical (unpaired) electrons. The first-order valence-corrected chi connectivity index (χ1v) is 4.61. The maximum atomic E-state index is 3.39. The molecular formula is C9H20N2. The van der Waals surface area contributed by atoms with Gasteiger partial charge in [-0.05, 0) is 46.3 Å². The van der Waals surface area contributed by atoms with Crippen molar-refractivity contribution in [2.75, 3.05) is 26.7 Å². The van der Waals surface area contributed by atoms with E-state index >= 15 is 0 Å². The third kappa shape index (κ3) is 2.80. The summed E-state index contributed by atoms with van der Waals surface area (Å²) in [7, 11) is 2.21. The number of nitrogens with one attached hydrogen (secondary N) is 1. The fourth-order valence-electron chi connectivity index (χ4n) is 1.49. The molecule has 1 fully saturated rings. The van der Waals surface area contributed by atoms with Crippen molar-refractivity contribution in [2.24, 2.45) is 5.92 Å². The van der Waals surface area contributed by atoms with Crippen LogP contribution in [0.15, 0.2) is 0 Å². The van der Waals surface area contributed by atoms with Gasteiger partial charge in [0, 0.05) is 12.6 Å². The van der Waals surface area contributed by atoms with Crippen molar-refractivity contribution in [1.29, 1.82) is 0 Å². The molecule has 0 amide bonds. The van der Waals surface area contributed by atoms with Gasteiger partial charge in [-0.1, -0.05) is 0 Å². The number of hydrogen-bond donors (Lipinski definition) is 1. The summed E-state index contributed by atoms with van der Waals surface area (Å²) >= 11 is 0. The first-order chi connectivity index (χ1) is 5.20. The van der Waals surface area contributed by atoms with Crippen LogP contribution in [-0.2, 0) is 0 Å². The molecule has 1 heterocycles. The third-order valence-electron chi connectivity index (χ3n) is 2.59. The minimum atomic E-state index is 0.690. The van der Waals surface area contributed by atoms with Crippen LogP contribution in [0.1, 0.15) is 20.3 Å². The maximum Gasteiger partial charge on any atom is 0.00356 e. The molecule has 1 atom stereocenters. The SMILES string of the molecule is CC(C)N(C)CC1CCNC1. The van der Waals surface area contributed by atoms with Gasteiger partial charge < -0.3 is 10.2 Å². The Labute approximate surface area is 70.0 Å². The second kappa shape index (κ2) is 4.07. The average Bonchev–Trinajstić information content (AvgIpc) is 2.39. The topological polar surface area (TPSA) is 15.3 Å². The molecule has 1 aliphatic rings. The quantitative estimate of drug-likeness (QED) is 0.654. The zero-order valence-electron chi connectivity index (χ0n) is 7.93. The van der Waals surface area contributed by atoms with Crippen LogP contribution in [-0.4, -0.2) is 37.6 Å². The van der Waals surface area contributed by atoms with Gasteiger partial charge in [0.15, 0.2) is 0 Å². The van der Waals surface area contributed by atoms with Crippen molar-refractivity contribution in [3.05, 3.63) is 0 Å². The predicted octanol–water partition coefficient (Wildman–Crippen LogP) is 0.936. The normalized spacial score (nSPS) is 25.4. The fraction of sp³-hybridized carbons (Fsp3) is 1.00. The maximum absolute atomic E-state index is 3.39. The third-order valence-corrected chi connectivity index (χ3v) is 2.59. The molecule has 0 aromatic rings. The summed E-state index contributed by atoms with van der Waals surface area (Å²) < 4.78 is 0. The second-order valence-corrected chi connectivity index (χ2v) is 3.89. The van der Waals surface area contributed by atoms with Crippen molar-refractivity contribution in [3.8, 4) is 0 Å². The van der Waals surface area contributed by atoms with Crippen LogP contribution in [0.3, 0.4) is 0 Å². The molecule has 1 unspecified atom stereocenters. The monoisotopic (exact) mass is 156 g/mol. The van der Waals surface area contributed by atoms with E-state index in [0.717, 1.165) is 5.92 Å². The van der Waals surface area contributed by atoms with Crippen molar-refractivity contribution in [1.82, 2.24) is 10.2 Å². The van der Waals surface area contributed by atoms with E-state index in [9.17, 15) is 0 Å². The molecule has 0 bridgehead atoms. The van der Waals surface area contributed by atoms with Gasteiger partial charge in [-0.15, -0.1) is 0 Å². The van der Waals surface area contributed by atoms with Crippen LogP contribution in [0.4, 0.5) is 0 Å². The van der Waals surface area contributed by atoms with Crippen LogP contribution in [0.25, 0.3) is 0 Å². The van der Waals surface area contributed by atoms with E-state index in [4.69, 9.17) is 0 Å². The molecule has 0 spiro atoms. The van der Waals surface area contributed by atoms with E-state index in [1.165, 1.54) is 26.1 Å². The largest absolute Gasteiger partial charge is 0.316 e. The summed E-state index contributed by atoms with van der Waals surface area (Å²) in [5.74, 6) is 0.891. The van der Waals surface area contributed by atoms with Crippen LogP contribution in [0.5, 0.6) is 0 Å². The Balaban J connectivity index is 2.18. The van der Waals surface area contributed by atoms with Gasteiger partial charge in [-0.25, -0.2) is 0 Å². The van der Waals surface area contributed by atoms with Gasteiger partial charge in [0.1, 0.15) is 0 Å². The lowest BCUT2D eigenvalue weighted by molar-refractivity contribution is 0.237. The highest BCUT2D eigenvalue weighted by molar-refractivity contribution is 4.74. The van der Waals surface area contributed by atoms with Gasteiger partial charge in [-0.3, -0.25) is 0 Å². The highest BCUT2D eigenvalue weighted by Gasteiger charge is 2.16. The summed E-state index contributed by atoms with van der Waals surface area (Å²) in [4.78, 5) is 2.43. The van der Waals surface area contributed by atoms with Crippen molar-refractivity contribution in [2.45, 2.75) is 26.3 Å². The predicted molar refractivity (Wildman–Crippen MR) is 48.7 cm³/mol. The van der Waals surface area contributed by atoms with Crippen molar-refractivity contribution >= 4 is 0 Å². The summed E-state index contributed by atoms with van der Waals surface area (Å²) in [5.41, 5.74) is 0. The molecule has 0 aromatic heterocycles. The Morgan fingerprint density at radius 1 is 1.55 bits per heavy atom. The summed E-state index contributed by atoms with van der Waals surface area (Å²) in [6.45, 7) is 8.20. The Morgan fingerprint density at radius 3 is 2.73 bits per heavy atom. The Hall–Kier alpha value is -0.0800. The van der Waals surface area contributed by atoms with Crippen LogP contribution in [0.2, 0.25) is 0 Å². The van der Waals surface area contributed by atoms with Crippen molar-refractivity contribution < 1.29 is 0 Å². The van der Waals surface area contributed by atoms with E-state index in [1.807, 2.05) is 0 Å².